The van der Waals surface area contributed by atoms with Gasteiger partial charge in [0.05, 0.1) is 5.56 Å². The number of aromatic nitrogens is 2. The molecule has 0 atom stereocenters. The molecule has 0 amide bonds. The van der Waals surface area contributed by atoms with Crippen molar-refractivity contribution in [2.75, 3.05) is 6.61 Å². The predicted molar refractivity (Wildman–Crippen MR) is 90.8 cm³/mol. The Labute approximate surface area is 143 Å². The highest BCUT2D eigenvalue weighted by Gasteiger charge is 2.19. The van der Waals surface area contributed by atoms with E-state index in [1.54, 1.807) is 12.3 Å². The molecule has 0 saturated heterocycles. The standard InChI is InChI=1S/C17H19BrN2O3/c1-10(2)20-11(3)5-15(12(20)4)16(21)9-23-17(22)13-6-14(18)8-19-7-13/h5-8,10H,9H2,1-4H3. The molecule has 6 heteroatoms. The predicted octanol–water partition coefficient (Wildman–Crippen LogP) is 3.88. The Morgan fingerprint density at radius 1 is 1.26 bits per heavy atom. The molecule has 2 heterocycles. The van der Waals surface area contributed by atoms with Crippen LogP contribution in [0.25, 0.3) is 0 Å². The van der Waals surface area contributed by atoms with Crippen molar-refractivity contribution < 1.29 is 14.3 Å². The van der Waals surface area contributed by atoms with Gasteiger partial charge < -0.3 is 9.30 Å². The molecule has 0 saturated carbocycles. The first-order valence-electron chi connectivity index (χ1n) is 7.30. The first-order chi connectivity index (χ1) is 10.8. The number of Topliss-reactive ketones (excluding diaryl/α,β-unsaturated/α-hetero) is 1. The van der Waals surface area contributed by atoms with E-state index >= 15 is 0 Å². The van der Waals surface area contributed by atoms with E-state index in [0.717, 1.165) is 11.4 Å². The van der Waals surface area contributed by atoms with E-state index in [0.29, 0.717) is 15.6 Å². The summed E-state index contributed by atoms with van der Waals surface area (Å²) in [5, 5.41) is 0. The zero-order valence-electron chi connectivity index (χ0n) is 13.6. The van der Waals surface area contributed by atoms with Crippen LogP contribution in [0.1, 0.15) is 52.0 Å². The van der Waals surface area contributed by atoms with Gasteiger partial charge in [-0.25, -0.2) is 4.79 Å². The lowest BCUT2D eigenvalue weighted by molar-refractivity contribution is 0.0474. The van der Waals surface area contributed by atoms with Crippen LogP contribution in [-0.4, -0.2) is 27.9 Å². The average Bonchev–Trinajstić information content (AvgIpc) is 2.79. The number of hydrogen-bond acceptors (Lipinski definition) is 4. The average molecular weight is 379 g/mol. The molecular formula is C17H19BrN2O3. The molecule has 0 radical (unpaired) electrons. The van der Waals surface area contributed by atoms with Crippen LogP contribution in [-0.2, 0) is 4.74 Å². The van der Waals surface area contributed by atoms with E-state index in [1.165, 1.54) is 6.20 Å². The van der Waals surface area contributed by atoms with Crippen molar-refractivity contribution in [3.8, 4) is 0 Å². The van der Waals surface area contributed by atoms with E-state index < -0.39 is 5.97 Å². The van der Waals surface area contributed by atoms with Gasteiger partial charge in [0.25, 0.3) is 0 Å². The van der Waals surface area contributed by atoms with Gasteiger partial charge in [-0.15, -0.1) is 0 Å². The van der Waals surface area contributed by atoms with E-state index in [4.69, 9.17) is 4.74 Å². The molecular weight excluding hydrogens is 360 g/mol. The second-order valence-corrected chi connectivity index (χ2v) is 6.56. The number of rotatable bonds is 5. The quantitative estimate of drug-likeness (QED) is 0.584. The number of esters is 1. The summed E-state index contributed by atoms with van der Waals surface area (Å²) in [6.45, 7) is 7.71. The Bertz CT molecular complexity index is 750. The van der Waals surface area contributed by atoms with Crippen molar-refractivity contribution in [3.63, 3.8) is 0 Å². The topological polar surface area (TPSA) is 61.2 Å². The number of ketones is 1. The second kappa shape index (κ2) is 7.08. The molecule has 0 unspecified atom stereocenters. The van der Waals surface area contributed by atoms with Gasteiger partial charge in [-0.05, 0) is 55.8 Å². The van der Waals surface area contributed by atoms with Crippen LogP contribution in [0.3, 0.4) is 0 Å². The number of nitrogens with zero attached hydrogens (tertiary/aromatic N) is 2. The molecule has 0 N–H and O–H groups in total. The molecule has 5 nitrogen and oxygen atoms in total. The maximum Gasteiger partial charge on any atom is 0.340 e. The SMILES string of the molecule is Cc1cc(C(=O)COC(=O)c2cncc(Br)c2)c(C)n1C(C)C. The summed E-state index contributed by atoms with van der Waals surface area (Å²) in [7, 11) is 0. The minimum atomic E-state index is -0.565. The lowest BCUT2D eigenvalue weighted by Crippen LogP contribution is -2.15. The molecule has 0 aliphatic rings. The third-order valence-corrected chi connectivity index (χ3v) is 4.01. The minimum Gasteiger partial charge on any atom is -0.454 e. The number of aryl methyl sites for hydroxylation is 1. The van der Waals surface area contributed by atoms with Gasteiger partial charge in [-0.1, -0.05) is 0 Å². The van der Waals surface area contributed by atoms with Crippen molar-refractivity contribution in [1.82, 2.24) is 9.55 Å². The molecule has 2 rings (SSSR count). The molecule has 0 aromatic carbocycles. The molecule has 0 bridgehead atoms. The van der Waals surface area contributed by atoms with Crippen LogP contribution in [0.2, 0.25) is 0 Å². The van der Waals surface area contributed by atoms with Crippen LogP contribution in [0.5, 0.6) is 0 Å². The molecule has 0 aliphatic carbocycles. The highest BCUT2D eigenvalue weighted by molar-refractivity contribution is 9.10. The second-order valence-electron chi connectivity index (χ2n) is 5.64. The van der Waals surface area contributed by atoms with Crippen LogP contribution in [0.15, 0.2) is 29.0 Å². The van der Waals surface area contributed by atoms with Crippen molar-refractivity contribution >= 4 is 27.7 Å². The Hall–Kier alpha value is -1.95. The number of pyridine rings is 1. The van der Waals surface area contributed by atoms with Gasteiger partial charge in [-0.3, -0.25) is 9.78 Å². The fourth-order valence-electron chi connectivity index (χ4n) is 2.67. The van der Waals surface area contributed by atoms with Crippen LogP contribution in [0, 0.1) is 13.8 Å². The molecule has 23 heavy (non-hydrogen) atoms. The minimum absolute atomic E-state index is 0.207. The molecule has 0 aliphatic heterocycles. The maximum absolute atomic E-state index is 12.3. The summed E-state index contributed by atoms with van der Waals surface area (Å²) >= 11 is 3.24. The van der Waals surface area contributed by atoms with E-state index in [2.05, 4.69) is 39.3 Å². The third-order valence-electron chi connectivity index (χ3n) is 3.58. The van der Waals surface area contributed by atoms with Gasteiger partial charge in [0.2, 0.25) is 5.78 Å². The maximum atomic E-state index is 12.3. The highest BCUT2D eigenvalue weighted by atomic mass is 79.9. The van der Waals surface area contributed by atoms with Crippen molar-refractivity contribution in [2.45, 2.75) is 33.7 Å². The van der Waals surface area contributed by atoms with Crippen molar-refractivity contribution in [2.24, 2.45) is 0 Å². The lowest BCUT2D eigenvalue weighted by Gasteiger charge is -2.13. The monoisotopic (exact) mass is 378 g/mol. The van der Waals surface area contributed by atoms with Crippen molar-refractivity contribution in [1.29, 1.82) is 0 Å². The molecule has 122 valence electrons. The number of carbonyl (C=O) groups excluding carboxylic acids is 2. The number of carbonyl (C=O) groups is 2. The van der Waals surface area contributed by atoms with Gasteiger partial charge >= 0.3 is 5.97 Å². The summed E-state index contributed by atoms with van der Waals surface area (Å²) in [5.41, 5.74) is 2.81. The lowest BCUT2D eigenvalue weighted by atomic mass is 10.1. The zero-order valence-corrected chi connectivity index (χ0v) is 15.2. The Morgan fingerprint density at radius 3 is 2.52 bits per heavy atom. The van der Waals surface area contributed by atoms with Crippen LogP contribution < -0.4 is 0 Å². The molecule has 2 aromatic rings. The normalized spacial score (nSPS) is 10.9. The van der Waals surface area contributed by atoms with Gasteiger partial charge in [0.15, 0.2) is 6.61 Å². The highest BCUT2D eigenvalue weighted by Crippen LogP contribution is 2.20. The number of ether oxygens (including phenoxy) is 1. The molecule has 0 fully saturated rings. The van der Waals surface area contributed by atoms with E-state index in [1.807, 2.05) is 19.9 Å². The van der Waals surface area contributed by atoms with Crippen LogP contribution >= 0.6 is 15.9 Å². The number of halogens is 1. The Balaban J connectivity index is 2.08. The summed E-state index contributed by atoms with van der Waals surface area (Å²) in [5.74, 6) is -0.772. The first kappa shape index (κ1) is 17.4. The zero-order chi connectivity index (χ0) is 17.1. The summed E-state index contributed by atoms with van der Waals surface area (Å²) < 4.78 is 7.88. The van der Waals surface area contributed by atoms with E-state index in [-0.39, 0.29) is 18.4 Å². The van der Waals surface area contributed by atoms with Crippen LogP contribution in [0.4, 0.5) is 0 Å². The molecule has 0 spiro atoms. The Morgan fingerprint density at radius 2 is 1.96 bits per heavy atom. The summed E-state index contributed by atoms with van der Waals surface area (Å²) in [6, 6.07) is 3.71. The Kier molecular flexibility index (Phi) is 5.36. The smallest absolute Gasteiger partial charge is 0.340 e. The number of hydrogen-bond donors (Lipinski definition) is 0. The van der Waals surface area contributed by atoms with Crippen molar-refractivity contribution in [3.05, 3.63) is 51.5 Å². The first-order valence-corrected chi connectivity index (χ1v) is 8.10. The van der Waals surface area contributed by atoms with Gasteiger partial charge in [0.1, 0.15) is 0 Å². The third kappa shape index (κ3) is 3.88. The van der Waals surface area contributed by atoms with Gasteiger partial charge in [0, 0.05) is 39.9 Å². The largest absolute Gasteiger partial charge is 0.454 e. The van der Waals surface area contributed by atoms with Gasteiger partial charge in [-0.2, -0.15) is 0 Å². The summed E-state index contributed by atoms with van der Waals surface area (Å²) in [4.78, 5) is 28.2. The molecule has 2 aromatic heterocycles. The fraction of sp³-hybridized carbons (Fsp3) is 0.353. The fourth-order valence-corrected chi connectivity index (χ4v) is 3.03. The van der Waals surface area contributed by atoms with E-state index in [9.17, 15) is 9.59 Å². The summed E-state index contributed by atoms with van der Waals surface area (Å²) in [6.07, 6.45) is 2.98.